The first kappa shape index (κ1) is 12.4. The summed E-state index contributed by atoms with van der Waals surface area (Å²) < 4.78 is 0. The van der Waals surface area contributed by atoms with E-state index in [1.807, 2.05) is 0 Å². The molecule has 0 spiro atoms. The maximum Gasteiger partial charge on any atom is 0.240 e. The van der Waals surface area contributed by atoms with E-state index < -0.39 is 6.04 Å². The van der Waals surface area contributed by atoms with Gasteiger partial charge < -0.3 is 0 Å². The second-order valence-electron chi connectivity index (χ2n) is 4.62. The lowest BCUT2D eigenvalue weighted by Gasteiger charge is -2.35. The van der Waals surface area contributed by atoms with Gasteiger partial charge in [0.2, 0.25) is 11.8 Å². The third-order valence-corrected chi connectivity index (χ3v) is 4.40. The summed E-state index contributed by atoms with van der Waals surface area (Å²) in [5.41, 5.74) is 0. The molecule has 1 saturated carbocycles. The van der Waals surface area contributed by atoms with Gasteiger partial charge in [-0.1, -0.05) is 19.3 Å². The second-order valence-corrected chi connectivity index (χ2v) is 5.61. The lowest BCUT2D eigenvalue weighted by atomic mass is 9.83. The minimum Gasteiger partial charge on any atom is -0.273 e. The molecule has 0 aromatic rings. The molecule has 0 bridgehead atoms. The lowest BCUT2D eigenvalue weighted by Crippen LogP contribution is -2.51. The zero-order valence-electron chi connectivity index (χ0n) is 9.72. The third-order valence-electron chi connectivity index (χ3n) is 3.50. The number of thioether (sulfide) groups is 1. The van der Waals surface area contributed by atoms with Crippen LogP contribution in [0, 0.1) is 17.2 Å². The van der Waals surface area contributed by atoms with E-state index in [1.165, 1.54) is 23.1 Å². The number of hydrogen-bond acceptors (Lipinski definition) is 4. The Bertz CT molecular complexity index is 342. The van der Waals surface area contributed by atoms with Gasteiger partial charge in [-0.3, -0.25) is 14.5 Å². The molecule has 5 heteroatoms. The normalized spacial score (nSPS) is 24.5. The average Bonchev–Trinajstić information content (AvgIpc) is 2.35. The van der Waals surface area contributed by atoms with Gasteiger partial charge >= 0.3 is 0 Å². The molecule has 0 aromatic carbocycles. The first-order valence-corrected chi connectivity index (χ1v) is 7.21. The Labute approximate surface area is 105 Å². The van der Waals surface area contributed by atoms with Crippen molar-refractivity contribution in [3.8, 4) is 6.07 Å². The molecule has 4 nitrogen and oxygen atoms in total. The largest absolute Gasteiger partial charge is 0.273 e. The van der Waals surface area contributed by atoms with E-state index in [0.717, 1.165) is 25.7 Å². The van der Waals surface area contributed by atoms with Crippen molar-refractivity contribution < 1.29 is 9.59 Å². The average molecular weight is 252 g/mol. The molecule has 2 amide bonds. The standard InChI is InChI=1S/C12H16N2O2S/c13-6-10(9-4-2-1-3-5-9)14-11(15)7-17-8-12(14)16/h9-10H,1-5,7-8H2. The van der Waals surface area contributed by atoms with Crippen molar-refractivity contribution in [3.05, 3.63) is 0 Å². The first-order chi connectivity index (χ1) is 8.24. The van der Waals surface area contributed by atoms with Crippen LogP contribution in [0.2, 0.25) is 0 Å². The molecule has 1 aliphatic heterocycles. The predicted molar refractivity (Wildman–Crippen MR) is 65.2 cm³/mol. The number of amides is 2. The van der Waals surface area contributed by atoms with Crippen LogP contribution >= 0.6 is 11.8 Å². The Hall–Kier alpha value is -1.02. The molecule has 92 valence electrons. The highest BCUT2D eigenvalue weighted by Crippen LogP contribution is 2.30. The van der Waals surface area contributed by atoms with E-state index in [4.69, 9.17) is 0 Å². The molecule has 1 saturated heterocycles. The SMILES string of the molecule is N#CC(C1CCCCC1)N1C(=O)CSCC1=O. The van der Waals surface area contributed by atoms with Crippen molar-refractivity contribution in [2.75, 3.05) is 11.5 Å². The van der Waals surface area contributed by atoms with E-state index in [-0.39, 0.29) is 17.7 Å². The minimum atomic E-state index is -0.531. The van der Waals surface area contributed by atoms with Crippen LogP contribution in [0.4, 0.5) is 0 Å². The summed E-state index contributed by atoms with van der Waals surface area (Å²) in [7, 11) is 0. The molecule has 0 N–H and O–H groups in total. The molecule has 1 aliphatic carbocycles. The summed E-state index contributed by atoms with van der Waals surface area (Å²) in [6.45, 7) is 0. The number of rotatable bonds is 2. The number of nitrogens with zero attached hydrogens (tertiary/aromatic N) is 2. The summed E-state index contributed by atoms with van der Waals surface area (Å²) in [5, 5.41) is 9.26. The Balaban J connectivity index is 2.13. The van der Waals surface area contributed by atoms with Crippen LogP contribution in [0.5, 0.6) is 0 Å². The van der Waals surface area contributed by atoms with Gasteiger partial charge in [0.15, 0.2) is 0 Å². The van der Waals surface area contributed by atoms with Gasteiger partial charge in [0, 0.05) is 0 Å². The van der Waals surface area contributed by atoms with Crippen molar-refractivity contribution in [2.45, 2.75) is 38.1 Å². The zero-order chi connectivity index (χ0) is 12.3. The summed E-state index contributed by atoms with van der Waals surface area (Å²) in [4.78, 5) is 24.8. The fraction of sp³-hybridized carbons (Fsp3) is 0.750. The molecule has 2 rings (SSSR count). The summed E-state index contributed by atoms with van der Waals surface area (Å²) in [6.07, 6.45) is 5.33. The van der Waals surface area contributed by atoms with Crippen LogP contribution in [0.1, 0.15) is 32.1 Å². The smallest absolute Gasteiger partial charge is 0.240 e. The summed E-state index contributed by atoms with van der Waals surface area (Å²) >= 11 is 1.34. The zero-order valence-corrected chi connectivity index (χ0v) is 10.5. The van der Waals surface area contributed by atoms with E-state index in [1.54, 1.807) is 0 Å². The maximum absolute atomic E-state index is 11.8. The Morgan fingerprint density at radius 3 is 2.29 bits per heavy atom. The van der Waals surface area contributed by atoms with Crippen LogP contribution in [0.3, 0.4) is 0 Å². The molecule has 1 heterocycles. The van der Waals surface area contributed by atoms with E-state index in [0.29, 0.717) is 11.5 Å². The van der Waals surface area contributed by atoms with Gasteiger partial charge in [0.25, 0.3) is 0 Å². The van der Waals surface area contributed by atoms with Gasteiger partial charge in [-0.15, -0.1) is 11.8 Å². The van der Waals surface area contributed by atoms with Gasteiger partial charge in [-0.25, -0.2) is 0 Å². The van der Waals surface area contributed by atoms with Crippen molar-refractivity contribution in [3.63, 3.8) is 0 Å². The van der Waals surface area contributed by atoms with E-state index in [2.05, 4.69) is 6.07 Å². The second kappa shape index (κ2) is 5.54. The number of nitriles is 1. The number of imide groups is 1. The van der Waals surface area contributed by atoms with E-state index >= 15 is 0 Å². The van der Waals surface area contributed by atoms with Crippen molar-refractivity contribution >= 4 is 23.6 Å². The maximum atomic E-state index is 11.8. The third kappa shape index (κ3) is 2.63. The Morgan fingerprint density at radius 2 is 1.76 bits per heavy atom. The predicted octanol–water partition coefficient (Wildman–Crippen LogP) is 1.56. The molecular weight excluding hydrogens is 236 g/mol. The Kier molecular flexibility index (Phi) is 4.06. The summed E-state index contributed by atoms with van der Waals surface area (Å²) in [5.74, 6) is 0.462. The van der Waals surface area contributed by atoms with Crippen LogP contribution in [0.25, 0.3) is 0 Å². The molecule has 1 unspecified atom stereocenters. The van der Waals surface area contributed by atoms with Crippen LogP contribution < -0.4 is 0 Å². The molecule has 0 radical (unpaired) electrons. The van der Waals surface area contributed by atoms with Crippen molar-refractivity contribution in [2.24, 2.45) is 5.92 Å². The highest BCUT2D eigenvalue weighted by atomic mass is 32.2. The molecule has 0 aromatic heterocycles. The summed E-state index contributed by atoms with van der Waals surface area (Å²) in [6, 6.07) is 1.65. The molecule has 1 atom stereocenters. The van der Waals surface area contributed by atoms with Gasteiger partial charge in [-0.2, -0.15) is 5.26 Å². The quantitative estimate of drug-likeness (QED) is 0.700. The topological polar surface area (TPSA) is 61.2 Å². The van der Waals surface area contributed by atoms with Crippen molar-refractivity contribution in [1.29, 1.82) is 5.26 Å². The fourth-order valence-corrected chi connectivity index (χ4v) is 3.37. The highest BCUT2D eigenvalue weighted by molar-refractivity contribution is 8.00. The van der Waals surface area contributed by atoms with Gasteiger partial charge in [0.1, 0.15) is 6.04 Å². The first-order valence-electron chi connectivity index (χ1n) is 6.06. The monoisotopic (exact) mass is 252 g/mol. The lowest BCUT2D eigenvalue weighted by molar-refractivity contribution is -0.145. The van der Waals surface area contributed by atoms with Crippen molar-refractivity contribution in [1.82, 2.24) is 4.90 Å². The van der Waals surface area contributed by atoms with Crippen LogP contribution in [0.15, 0.2) is 0 Å². The number of hydrogen-bond donors (Lipinski definition) is 0. The minimum absolute atomic E-state index is 0.185. The number of carbonyl (C=O) groups is 2. The molecule has 17 heavy (non-hydrogen) atoms. The van der Waals surface area contributed by atoms with Crippen LogP contribution in [-0.4, -0.2) is 34.3 Å². The fourth-order valence-electron chi connectivity index (χ4n) is 2.64. The van der Waals surface area contributed by atoms with Gasteiger partial charge in [-0.05, 0) is 18.8 Å². The molecule has 2 fully saturated rings. The van der Waals surface area contributed by atoms with E-state index in [9.17, 15) is 14.9 Å². The molecule has 2 aliphatic rings. The molecular formula is C12H16N2O2S. The Morgan fingerprint density at radius 1 is 1.18 bits per heavy atom. The van der Waals surface area contributed by atoms with Crippen LogP contribution in [-0.2, 0) is 9.59 Å². The van der Waals surface area contributed by atoms with Gasteiger partial charge in [0.05, 0.1) is 17.6 Å². The number of carbonyl (C=O) groups excluding carboxylic acids is 2. The highest BCUT2D eigenvalue weighted by Gasteiger charge is 2.37.